The molecule has 1 atom stereocenters. The predicted molar refractivity (Wildman–Crippen MR) is 85.7 cm³/mol. The molecule has 0 bridgehead atoms. The van der Waals surface area contributed by atoms with Crippen molar-refractivity contribution >= 4 is 23.2 Å². The van der Waals surface area contributed by atoms with Gasteiger partial charge in [-0.2, -0.15) is 0 Å². The molecule has 2 aliphatic heterocycles. The van der Waals surface area contributed by atoms with Crippen LogP contribution in [-0.4, -0.2) is 59.0 Å². The summed E-state index contributed by atoms with van der Waals surface area (Å²) in [5.41, 5.74) is 0.422. The van der Waals surface area contributed by atoms with E-state index in [9.17, 15) is 9.35 Å². The Balaban J connectivity index is 1.93. The minimum Gasteiger partial charge on any atom is -0.591 e. The Kier molecular flexibility index (Phi) is 3.88. The number of fused-ring (bicyclic) bond motifs is 1. The van der Waals surface area contributed by atoms with Crippen molar-refractivity contribution in [3.63, 3.8) is 0 Å². The largest absolute Gasteiger partial charge is 0.591 e. The Hall–Kier alpha value is -1.61. The molecule has 3 heterocycles. The van der Waals surface area contributed by atoms with E-state index in [-0.39, 0.29) is 5.41 Å². The van der Waals surface area contributed by atoms with E-state index in [0.717, 1.165) is 0 Å². The first-order valence-electron chi connectivity index (χ1n) is 7.60. The number of nitrogens with zero attached hydrogens (tertiary/aromatic N) is 5. The van der Waals surface area contributed by atoms with E-state index in [4.69, 9.17) is 5.11 Å². The first kappa shape index (κ1) is 16.3. The van der Waals surface area contributed by atoms with E-state index in [1.54, 1.807) is 6.33 Å². The number of likely N-dealkylation sites (tertiary alicyclic amines) is 1. The minimum absolute atomic E-state index is 0.294. The highest BCUT2D eigenvalue weighted by Crippen LogP contribution is 2.42. The van der Waals surface area contributed by atoms with Gasteiger partial charge in [0.05, 0.1) is 0 Å². The average molecular weight is 339 g/mol. The number of piperidine rings is 1. The molecule has 126 valence electrons. The molecule has 3 rings (SSSR count). The van der Waals surface area contributed by atoms with Crippen LogP contribution in [0.1, 0.15) is 39.4 Å². The first-order valence-corrected chi connectivity index (χ1v) is 8.71. The topological polar surface area (TPSA) is 107 Å². The molecule has 9 heteroatoms. The second-order valence-electron chi connectivity index (χ2n) is 7.13. The molecule has 1 spiro atoms. The van der Waals surface area contributed by atoms with Crippen LogP contribution in [0.5, 0.6) is 0 Å². The number of rotatable bonds is 1. The van der Waals surface area contributed by atoms with E-state index in [2.05, 4.69) is 14.6 Å². The predicted octanol–water partition coefficient (Wildman–Crippen LogP) is 1.30. The van der Waals surface area contributed by atoms with Gasteiger partial charge >= 0.3 is 6.09 Å². The van der Waals surface area contributed by atoms with Crippen molar-refractivity contribution in [3.05, 3.63) is 12.2 Å². The maximum atomic E-state index is 12.5. The van der Waals surface area contributed by atoms with Crippen LogP contribution in [-0.2, 0) is 17.9 Å². The fourth-order valence-corrected chi connectivity index (χ4v) is 3.79. The first-order chi connectivity index (χ1) is 10.7. The maximum Gasteiger partial charge on any atom is 0.407 e. The second-order valence-corrected chi connectivity index (χ2v) is 9.04. The third-order valence-electron chi connectivity index (χ3n) is 4.49. The Bertz CT molecular complexity index is 643. The standard InChI is InChI=1S/C14H21N5O3S/c1-13(2,3)23(22)17-10-11-16-15-9-19(11)8-14(10)4-6-18(7-5-14)12(20)21/h9H,4-8H2,1-3H3,(H,20,21)/b17-10+/t23-/m1/s1. The fourth-order valence-electron chi connectivity index (χ4n) is 3.07. The molecule has 1 saturated heterocycles. The number of hydrogen-bond acceptors (Lipinski definition) is 5. The van der Waals surface area contributed by atoms with E-state index >= 15 is 0 Å². The van der Waals surface area contributed by atoms with Crippen LogP contribution >= 0.6 is 0 Å². The summed E-state index contributed by atoms with van der Waals surface area (Å²) in [6, 6.07) is 0. The molecule has 0 radical (unpaired) electrons. The minimum atomic E-state index is -1.39. The molecule has 8 nitrogen and oxygen atoms in total. The van der Waals surface area contributed by atoms with Crippen LogP contribution in [0.4, 0.5) is 4.79 Å². The van der Waals surface area contributed by atoms with Crippen molar-refractivity contribution < 1.29 is 14.5 Å². The van der Waals surface area contributed by atoms with Crippen LogP contribution in [0.25, 0.3) is 0 Å². The Morgan fingerprint density at radius 2 is 2.09 bits per heavy atom. The second kappa shape index (κ2) is 5.48. The van der Waals surface area contributed by atoms with Gasteiger partial charge in [0.2, 0.25) is 0 Å². The number of hydrogen-bond donors (Lipinski definition) is 1. The van der Waals surface area contributed by atoms with Gasteiger partial charge in [0, 0.05) is 25.0 Å². The normalized spacial score (nSPS) is 23.3. The molecule has 0 aromatic carbocycles. The van der Waals surface area contributed by atoms with Gasteiger partial charge in [0.25, 0.3) is 0 Å². The van der Waals surface area contributed by atoms with Crippen LogP contribution in [0.3, 0.4) is 0 Å². The summed E-state index contributed by atoms with van der Waals surface area (Å²) in [6.45, 7) is 7.22. The summed E-state index contributed by atoms with van der Waals surface area (Å²) in [5, 5.41) is 17.2. The van der Waals surface area contributed by atoms with Crippen LogP contribution < -0.4 is 0 Å². The quantitative estimate of drug-likeness (QED) is 0.776. The number of carboxylic acid groups (broad SMARTS) is 1. The summed E-state index contributed by atoms with van der Waals surface area (Å²) < 4.78 is 18.5. The lowest BCUT2D eigenvalue weighted by Crippen LogP contribution is -2.46. The van der Waals surface area contributed by atoms with Gasteiger partial charge in [-0.05, 0) is 33.6 Å². The van der Waals surface area contributed by atoms with Crippen LogP contribution in [0, 0.1) is 5.41 Å². The van der Waals surface area contributed by atoms with E-state index < -0.39 is 22.2 Å². The smallest absolute Gasteiger partial charge is 0.407 e. The summed E-state index contributed by atoms with van der Waals surface area (Å²) in [7, 11) is 0. The molecule has 1 amide bonds. The molecule has 0 aliphatic carbocycles. The van der Waals surface area contributed by atoms with Crippen LogP contribution in [0.15, 0.2) is 10.7 Å². The van der Waals surface area contributed by atoms with Crippen molar-refractivity contribution in [2.75, 3.05) is 13.1 Å². The summed E-state index contributed by atoms with van der Waals surface area (Å²) in [4.78, 5) is 12.6. The molecule has 23 heavy (non-hydrogen) atoms. The van der Waals surface area contributed by atoms with Gasteiger partial charge in [-0.15, -0.1) is 10.2 Å². The van der Waals surface area contributed by atoms with Crippen molar-refractivity contribution in [1.29, 1.82) is 0 Å². The Morgan fingerprint density at radius 1 is 1.43 bits per heavy atom. The lowest BCUT2D eigenvalue weighted by atomic mass is 9.76. The van der Waals surface area contributed by atoms with Crippen molar-refractivity contribution in [1.82, 2.24) is 19.7 Å². The number of aromatic nitrogens is 3. The molecule has 1 aromatic rings. The maximum absolute atomic E-state index is 12.5. The van der Waals surface area contributed by atoms with Gasteiger partial charge in [-0.1, -0.05) is 4.40 Å². The van der Waals surface area contributed by atoms with Gasteiger partial charge in [0.1, 0.15) is 28.1 Å². The zero-order valence-corrected chi connectivity index (χ0v) is 14.3. The Morgan fingerprint density at radius 3 is 2.65 bits per heavy atom. The van der Waals surface area contributed by atoms with Crippen molar-refractivity contribution in [3.8, 4) is 0 Å². The van der Waals surface area contributed by atoms with Crippen molar-refractivity contribution in [2.45, 2.75) is 44.9 Å². The zero-order valence-electron chi connectivity index (χ0n) is 13.5. The van der Waals surface area contributed by atoms with Crippen LogP contribution in [0.2, 0.25) is 0 Å². The monoisotopic (exact) mass is 339 g/mol. The van der Waals surface area contributed by atoms with Gasteiger partial charge in [-0.3, -0.25) is 0 Å². The lowest BCUT2D eigenvalue weighted by molar-refractivity contribution is 0.111. The average Bonchev–Trinajstić information content (AvgIpc) is 3.00. The molecule has 1 fully saturated rings. The van der Waals surface area contributed by atoms with E-state index in [0.29, 0.717) is 44.0 Å². The van der Waals surface area contributed by atoms with Gasteiger partial charge in [0.15, 0.2) is 5.82 Å². The van der Waals surface area contributed by atoms with E-state index in [1.807, 2.05) is 25.3 Å². The van der Waals surface area contributed by atoms with Gasteiger partial charge < -0.3 is 19.1 Å². The summed E-state index contributed by atoms with van der Waals surface area (Å²) in [6.07, 6.45) is 2.07. The third kappa shape index (κ3) is 2.83. The zero-order chi connectivity index (χ0) is 16.8. The fraction of sp³-hybridized carbons (Fsp3) is 0.714. The third-order valence-corrected chi connectivity index (χ3v) is 5.89. The molecule has 0 saturated carbocycles. The number of amides is 1. The summed E-state index contributed by atoms with van der Waals surface area (Å²) >= 11 is -1.39. The highest BCUT2D eigenvalue weighted by Gasteiger charge is 2.49. The molecular formula is C14H21N5O3S. The molecule has 0 unspecified atom stereocenters. The highest BCUT2D eigenvalue weighted by atomic mass is 32.2. The molecule has 1 N–H and O–H groups in total. The van der Waals surface area contributed by atoms with Gasteiger partial charge in [-0.25, -0.2) is 4.79 Å². The SMILES string of the molecule is CC(C)(C)[S@@+]([O-])/N=C1\c2nncn2CC12CCN(C(=O)O)CC2. The van der Waals surface area contributed by atoms with E-state index in [1.165, 1.54) is 4.90 Å². The lowest BCUT2D eigenvalue weighted by Gasteiger charge is -2.37. The molecule has 2 aliphatic rings. The van der Waals surface area contributed by atoms with Crippen molar-refractivity contribution in [2.24, 2.45) is 9.81 Å². The Labute approximate surface area is 137 Å². The molecular weight excluding hydrogens is 318 g/mol. The highest BCUT2D eigenvalue weighted by molar-refractivity contribution is 7.91. The summed E-state index contributed by atoms with van der Waals surface area (Å²) in [5.74, 6) is 0.659. The number of carbonyl (C=O) groups is 1. The molecule has 1 aromatic heterocycles.